The van der Waals surface area contributed by atoms with Crippen molar-refractivity contribution in [3.05, 3.63) is 89.2 Å². The fourth-order valence-electron chi connectivity index (χ4n) is 4.38. The van der Waals surface area contributed by atoms with Crippen LogP contribution in [-0.4, -0.2) is 27.1 Å². The molecular formula is C27H29FN2O2. The van der Waals surface area contributed by atoms with Crippen molar-refractivity contribution in [2.75, 3.05) is 31.0 Å². The average molecular weight is 433 g/mol. The summed E-state index contributed by atoms with van der Waals surface area (Å²) in [6, 6.07) is 20.5. The number of carbonyl (C=O) groups excluding carboxylic acids is 1. The molecule has 5 heteroatoms. The molecule has 0 spiro atoms. The predicted molar refractivity (Wildman–Crippen MR) is 127 cm³/mol. The van der Waals surface area contributed by atoms with E-state index in [2.05, 4.69) is 0 Å². The van der Waals surface area contributed by atoms with Gasteiger partial charge in [0.25, 0.3) is 0 Å². The van der Waals surface area contributed by atoms with Crippen molar-refractivity contribution in [1.82, 2.24) is 0 Å². The zero-order valence-corrected chi connectivity index (χ0v) is 18.8. The molecule has 0 N–H and O–H groups in total. The Balaban J connectivity index is 1.71. The first-order chi connectivity index (χ1) is 15.5. The van der Waals surface area contributed by atoms with Gasteiger partial charge in [-0.05, 0) is 72.4 Å². The van der Waals surface area contributed by atoms with Gasteiger partial charge in [0.2, 0.25) is 5.91 Å². The summed E-state index contributed by atoms with van der Waals surface area (Å²) >= 11 is 0. The van der Waals surface area contributed by atoms with Crippen LogP contribution in [0.4, 0.5) is 15.8 Å². The molecule has 1 unspecified atom stereocenters. The Bertz CT molecular complexity index is 1100. The van der Waals surface area contributed by atoms with Crippen LogP contribution < -0.4 is 14.5 Å². The minimum absolute atomic E-state index is 0.0824. The van der Waals surface area contributed by atoms with E-state index in [0.717, 1.165) is 41.8 Å². The maximum absolute atomic E-state index is 14.8. The van der Waals surface area contributed by atoms with Gasteiger partial charge in [-0.3, -0.25) is 4.79 Å². The van der Waals surface area contributed by atoms with Crippen LogP contribution in [0.1, 0.15) is 35.4 Å². The standard InChI is InChI=1S/C27H29FN2O2/c1-29(2)21-14-11-19(12-15-21)18-30(26-10-5-4-9-25(26)28)27(31)23-8-6-7-20-13-16-22(32-3)17-24(20)23/h4-5,9-17,23H,6-8,18H2,1-3H3. The largest absolute Gasteiger partial charge is 0.497 e. The molecule has 0 aliphatic heterocycles. The summed E-state index contributed by atoms with van der Waals surface area (Å²) in [4.78, 5) is 17.5. The van der Waals surface area contributed by atoms with Crippen LogP contribution in [0.2, 0.25) is 0 Å². The summed E-state index contributed by atoms with van der Waals surface area (Å²) in [5.41, 5.74) is 4.49. The lowest BCUT2D eigenvalue weighted by atomic mass is 9.81. The number of rotatable bonds is 6. The van der Waals surface area contributed by atoms with Crippen molar-refractivity contribution in [2.45, 2.75) is 31.7 Å². The van der Waals surface area contributed by atoms with Gasteiger partial charge >= 0.3 is 0 Å². The Kier molecular flexibility index (Phi) is 6.45. The molecule has 0 fully saturated rings. The molecular weight excluding hydrogens is 403 g/mol. The van der Waals surface area contributed by atoms with Crippen LogP contribution in [0.5, 0.6) is 5.75 Å². The van der Waals surface area contributed by atoms with Crippen molar-refractivity contribution >= 4 is 17.3 Å². The predicted octanol–water partition coefficient (Wildman–Crippen LogP) is 5.55. The number of methoxy groups -OCH3 is 1. The van der Waals surface area contributed by atoms with Crippen LogP contribution in [0.15, 0.2) is 66.7 Å². The van der Waals surface area contributed by atoms with E-state index in [1.54, 1.807) is 30.2 Å². The first-order valence-corrected chi connectivity index (χ1v) is 11.0. The molecule has 4 rings (SSSR count). The van der Waals surface area contributed by atoms with Crippen LogP contribution in [-0.2, 0) is 17.8 Å². The molecule has 0 aromatic heterocycles. The lowest BCUT2D eigenvalue weighted by molar-refractivity contribution is -0.120. The van der Waals surface area contributed by atoms with Gasteiger partial charge in [0.15, 0.2) is 0 Å². The third-order valence-electron chi connectivity index (χ3n) is 6.17. The highest BCUT2D eigenvalue weighted by atomic mass is 19.1. The van der Waals surface area contributed by atoms with Crippen LogP contribution in [0, 0.1) is 5.82 Å². The molecule has 4 nitrogen and oxygen atoms in total. The second-order valence-corrected chi connectivity index (χ2v) is 8.45. The first kappa shape index (κ1) is 21.9. The van der Waals surface area contributed by atoms with Crippen LogP contribution >= 0.6 is 0 Å². The molecule has 1 amide bonds. The lowest BCUT2D eigenvalue weighted by Crippen LogP contribution is -2.36. The van der Waals surface area contributed by atoms with Crippen LogP contribution in [0.25, 0.3) is 0 Å². The number of hydrogen-bond donors (Lipinski definition) is 0. The molecule has 1 atom stereocenters. The number of halogens is 1. The van der Waals surface area contributed by atoms with Crippen molar-refractivity contribution in [3.63, 3.8) is 0 Å². The number of anilines is 2. The number of para-hydroxylation sites is 1. The number of aryl methyl sites for hydroxylation is 1. The molecule has 1 aliphatic rings. The maximum atomic E-state index is 14.8. The van der Waals surface area contributed by atoms with Gasteiger partial charge in [-0.2, -0.15) is 0 Å². The van der Waals surface area contributed by atoms with E-state index < -0.39 is 5.82 Å². The van der Waals surface area contributed by atoms with E-state index in [0.29, 0.717) is 12.2 Å². The summed E-state index contributed by atoms with van der Waals surface area (Å²) in [6.45, 7) is 0.309. The van der Waals surface area contributed by atoms with Gasteiger partial charge < -0.3 is 14.5 Å². The number of benzene rings is 3. The topological polar surface area (TPSA) is 32.8 Å². The number of amides is 1. The highest BCUT2D eigenvalue weighted by Crippen LogP contribution is 2.37. The van der Waals surface area contributed by atoms with Crippen molar-refractivity contribution in [3.8, 4) is 5.75 Å². The Hall–Kier alpha value is -3.34. The fourth-order valence-corrected chi connectivity index (χ4v) is 4.38. The minimum Gasteiger partial charge on any atom is -0.497 e. The number of carbonyl (C=O) groups is 1. The van der Waals surface area contributed by atoms with Gasteiger partial charge in [0, 0.05) is 19.8 Å². The molecule has 3 aromatic rings. The van der Waals surface area contributed by atoms with Gasteiger partial charge in [0.05, 0.1) is 25.3 Å². The number of ether oxygens (including phenoxy) is 1. The number of hydrogen-bond acceptors (Lipinski definition) is 3. The molecule has 32 heavy (non-hydrogen) atoms. The Morgan fingerprint density at radius 2 is 1.81 bits per heavy atom. The minimum atomic E-state index is -0.396. The van der Waals surface area contributed by atoms with Gasteiger partial charge in [-0.25, -0.2) is 4.39 Å². The second-order valence-electron chi connectivity index (χ2n) is 8.45. The summed E-state index contributed by atoms with van der Waals surface area (Å²) in [6.07, 6.45) is 2.61. The van der Waals surface area contributed by atoms with E-state index in [-0.39, 0.29) is 11.8 Å². The Morgan fingerprint density at radius 3 is 2.50 bits per heavy atom. The molecule has 1 aliphatic carbocycles. The molecule has 0 radical (unpaired) electrons. The summed E-state index contributed by atoms with van der Waals surface area (Å²) < 4.78 is 20.2. The number of nitrogens with zero attached hydrogens (tertiary/aromatic N) is 2. The quantitative estimate of drug-likeness (QED) is 0.512. The summed E-state index contributed by atoms with van der Waals surface area (Å²) in [5.74, 6) is -0.0666. The van der Waals surface area contributed by atoms with Gasteiger partial charge in [-0.15, -0.1) is 0 Å². The first-order valence-electron chi connectivity index (χ1n) is 11.0. The molecule has 0 saturated carbocycles. The highest BCUT2D eigenvalue weighted by Gasteiger charge is 2.32. The zero-order valence-electron chi connectivity index (χ0n) is 18.8. The molecule has 0 heterocycles. The Morgan fingerprint density at radius 1 is 1.06 bits per heavy atom. The molecule has 0 bridgehead atoms. The normalized spacial score (nSPS) is 15.1. The van der Waals surface area contributed by atoms with Crippen molar-refractivity contribution < 1.29 is 13.9 Å². The van der Waals surface area contributed by atoms with Gasteiger partial charge in [0.1, 0.15) is 11.6 Å². The van der Waals surface area contributed by atoms with E-state index in [1.165, 1.54) is 11.6 Å². The van der Waals surface area contributed by atoms with Crippen LogP contribution in [0.3, 0.4) is 0 Å². The average Bonchev–Trinajstić information content (AvgIpc) is 2.82. The SMILES string of the molecule is COc1ccc2c(c1)C(C(=O)N(Cc1ccc(N(C)C)cc1)c1ccccc1F)CCC2. The van der Waals surface area contributed by atoms with E-state index in [9.17, 15) is 9.18 Å². The van der Waals surface area contributed by atoms with Crippen molar-refractivity contribution in [2.24, 2.45) is 0 Å². The van der Waals surface area contributed by atoms with E-state index in [1.807, 2.05) is 61.5 Å². The summed E-state index contributed by atoms with van der Waals surface area (Å²) in [5, 5.41) is 0. The Labute approximate surface area is 189 Å². The van der Waals surface area contributed by atoms with E-state index >= 15 is 0 Å². The second kappa shape index (κ2) is 9.43. The third-order valence-corrected chi connectivity index (χ3v) is 6.17. The highest BCUT2D eigenvalue weighted by molar-refractivity contribution is 5.98. The molecule has 3 aromatic carbocycles. The summed E-state index contributed by atoms with van der Waals surface area (Å²) in [7, 11) is 5.60. The maximum Gasteiger partial charge on any atom is 0.234 e. The van der Waals surface area contributed by atoms with Gasteiger partial charge in [-0.1, -0.05) is 30.3 Å². The zero-order chi connectivity index (χ0) is 22.7. The van der Waals surface area contributed by atoms with E-state index in [4.69, 9.17) is 4.74 Å². The monoisotopic (exact) mass is 432 g/mol. The number of fused-ring (bicyclic) bond motifs is 1. The third kappa shape index (κ3) is 4.47. The fraction of sp³-hybridized carbons (Fsp3) is 0.296. The molecule has 166 valence electrons. The molecule has 0 saturated heterocycles. The lowest BCUT2D eigenvalue weighted by Gasteiger charge is -2.31. The van der Waals surface area contributed by atoms with Crippen molar-refractivity contribution in [1.29, 1.82) is 0 Å². The smallest absolute Gasteiger partial charge is 0.234 e.